The van der Waals surface area contributed by atoms with Gasteiger partial charge in [-0.25, -0.2) is 14.0 Å². The first-order valence-corrected chi connectivity index (χ1v) is 7.04. The lowest BCUT2D eigenvalue weighted by Gasteiger charge is -2.06. The molecule has 0 bridgehead atoms. The Hall–Kier alpha value is -2.47. The van der Waals surface area contributed by atoms with Crippen LogP contribution in [0.5, 0.6) is 5.75 Å². The maximum Gasteiger partial charge on any atom is 0.351 e. The summed E-state index contributed by atoms with van der Waals surface area (Å²) < 4.78 is 23.7. The van der Waals surface area contributed by atoms with Crippen LogP contribution in [0.1, 0.15) is 10.4 Å². The molecule has 0 fully saturated rings. The maximum absolute atomic E-state index is 13.2. The second-order valence-corrected chi connectivity index (χ2v) is 5.30. The molecule has 0 saturated carbocycles. The van der Waals surface area contributed by atoms with Gasteiger partial charge in [0.05, 0.1) is 4.47 Å². The van der Waals surface area contributed by atoms with Crippen LogP contribution >= 0.6 is 15.9 Å². The number of fused-ring (bicyclic) bond motifs is 1. The smallest absolute Gasteiger partial charge is 0.351 e. The molecule has 1 aromatic heterocycles. The first-order chi connectivity index (χ1) is 10.5. The average molecular weight is 363 g/mol. The van der Waals surface area contributed by atoms with Crippen LogP contribution in [0.4, 0.5) is 4.39 Å². The standard InChI is InChI=1S/C16H8BrFO4/c17-12-6-5-10(18)8-14(12)22-16(20)11-7-9-3-1-2-4-13(9)21-15(11)19/h1-8H. The predicted octanol–water partition coefficient (Wildman–Crippen LogP) is 3.91. The molecule has 22 heavy (non-hydrogen) atoms. The fourth-order valence-corrected chi connectivity index (χ4v) is 2.24. The van der Waals surface area contributed by atoms with Crippen molar-refractivity contribution in [3.8, 4) is 5.75 Å². The zero-order valence-electron chi connectivity index (χ0n) is 11.0. The zero-order chi connectivity index (χ0) is 15.7. The molecule has 0 radical (unpaired) electrons. The Labute approximate surface area is 132 Å². The average Bonchev–Trinajstić information content (AvgIpc) is 2.50. The van der Waals surface area contributed by atoms with Gasteiger partial charge in [0.25, 0.3) is 0 Å². The van der Waals surface area contributed by atoms with Gasteiger partial charge in [-0.1, -0.05) is 18.2 Å². The minimum atomic E-state index is -0.911. The summed E-state index contributed by atoms with van der Waals surface area (Å²) in [6, 6.07) is 11.8. The largest absolute Gasteiger partial charge is 0.422 e. The van der Waals surface area contributed by atoms with Gasteiger partial charge in [-0.3, -0.25) is 0 Å². The third-order valence-electron chi connectivity index (χ3n) is 2.96. The second-order valence-electron chi connectivity index (χ2n) is 4.45. The van der Waals surface area contributed by atoms with Gasteiger partial charge in [-0.2, -0.15) is 0 Å². The number of esters is 1. The zero-order valence-corrected chi connectivity index (χ0v) is 12.6. The third-order valence-corrected chi connectivity index (χ3v) is 3.61. The highest BCUT2D eigenvalue weighted by molar-refractivity contribution is 9.10. The second kappa shape index (κ2) is 5.73. The van der Waals surface area contributed by atoms with E-state index >= 15 is 0 Å². The van der Waals surface area contributed by atoms with Crippen LogP contribution in [0, 0.1) is 5.82 Å². The van der Waals surface area contributed by atoms with Crippen molar-refractivity contribution < 1.29 is 18.3 Å². The monoisotopic (exact) mass is 362 g/mol. The topological polar surface area (TPSA) is 56.5 Å². The van der Waals surface area contributed by atoms with E-state index in [-0.39, 0.29) is 11.3 Å². The number of carbonyl (C=O) groups is 1. The van der Waals surface area contributed by atoms with Gasteiger partial charge in [0.15, 0.2) is 0 Å². The molecule has 0 aliphatic heterocycles. The van der Waals surface area contributed by atoms with E-state index in [2.05, 4.69) is 15.9 Å². The summed E-state index contributed by atoms with van der Waals surface area (Å²) in [6.45, 7) is 0. The first-order valence-electron chi connectivity index (χ1n) is 6.25. The molecule has 0 saturated heterocycles. The van der Waals surface area contributed by atoms with Gasteiger partial charge in [-0.15, -0.1) is 0 Å². The third kappa shape index (κ3) is 2.78. The van der Waals surface area contributed by atoms with Crippen molar-refractivity contribution in [3.63, 3.8) is 0 Å². The molecule has 0 aliphatic carbocycles. The molecule has 0 unspecified atom stereocenters. The van der Waals surface area contributed by atoms with Crippen molar-refractivity contribution in [1.29, 1.82) is 0 Å². The molecule has 110 valence electrons. The molecule has 1 heterocycles. The van der Waals surface area contributed by atoms with E-state index in [1.54, 1.807) is 24.3 Å². The summed E-state index contributed by atoms with van der Waals surface area (Å²) in [5.41, 5.74) is -0.693. The van der Waals surface area contributed by atoms with Crippen LogP contribution in [0.25, 0.3) is 11.0 Å². The van der Waals surface area contributed by atoms with Crippen molar-refractivity contribution in [2.45, 2.75) is 0 Å². The number of hydrogen-bond acceptors (Lipinski definition) is 4. The first kappa shape index (κ1) is 14.5. The summed E-state index contributed by atoms with van der Waals surface area (Å²) in [4.78, 5) is 24.0. The van der Waals surface area contributed by atoms with E-state index in [1.807, 2.05) is 0 Å². The lowest BCUT2D eigenvalue weighted by atomic mass is 10.2. The van der Waals surface area contributed by atoms with Gasteiger partial charge in [0.2, 0.25) is 0 Å². The highest BCUT2D eigenvalue weighted by Crippen LogP contribution is 2.26. The fourth-order valence-electron chi connectivity index (χ4n) is 1.91. The summed E-state index contributed by atoms with van der Waals surface area (Å²) in [5.74, 6) is -1.49. The minimum Gasteiger partial charge on any atom is -0.422 e. The van der Waals surface area contributed by atoms with Crippen LogP contribution in [-0.2, 0) is 0 Å². The predicted molar refractivity (Wildman–Crippen MR) is 81.5 cm³/mol. The Morgan fingerprint density at radius 3 is 2.73 bits per heavy atom. The molecule has 2 aromatic carbocycles. The van der Waals surface area contributed by atoms with E-state index in [4.69, 9.17) is 9.15 Å². The number of carbonyl (C=O) groups excluding carboxylic acids is 1. The molecule has 4 nitrogen and oxygen atoms in total. The molecular formula is C16H8BrFO4. The Morgan fingerprint density at radius 2 is 1.91 bits per heavy atom. The molecule has 3 rings (SSSR count). The van der Waals surface area contributed by atoms with Gasteiger partial charge in [0, 0.05) is 11.5 Å². The molecule has 0 N–H and O–H groups in total. The van der Waals surface area contributed by atoms with Crippen molar-refractivity contribution in [2.24, 2.45) is 0 Å². The minimum absolute atomic E-state index is 0.0161. The van der Waals surface area contributed by atoms with Crippen molar-refractivity contribution in [3.05, 3.63) is 74.8 Å². The van der Waals surface area contributed by atoms with E-state index in [0.29, 0.717) is 15.4 Å². The van der Waals surface area contributed by atoms with Crippen LogP contribution < -0.4 is 10.4 Å². The van der Waals surface area contributed by atoms with Gasteiger partial charge in [0.1, 0.15) is 22.7 Å². The highest BCUT2D eigenvalue weighted by atomic mass is 79.9. The van der Waals surface area contributed by atoms with Gasteiger partial charge >= 0.3 is 11.6 Å². The van der Waals surface area contributed by atoms with Crippen molar-refractivity contribution in [1.82, 2.24) is 0 Å². The number of hydrogen-bond donors (Lipinski definition) is 0. The summed E-state index contributed by atoms with van der Waals surface area (Å²) in [5, 5.41) is 0.590. The molecule has 0 amide bonds. The number of ether oxygens (including phenoxy) is 1. The number of halogens is 2. The maximum atomic E-state index is 13.2. The molecule has 6 heteroatoms. The number of rotatable bonds is 2. The summed E-state index contributed by atoms with van der Waals surface area (Å²) in [7, 11) is 0. The molecule has 0 aliphatic rings. The molecule has 3 aromatic rings. The number of benzene rings is 2. The van der Waals surface area contributed by atoms with Gasteiger partial charge < -0.3 is 9.15 Å². The van der Waals surface area contributed by atoms with E-state index < -0.39 is 17.4 Å². The Balaban J connectivity index is 2.00. The Bertz CT molecular complexity index is 933. The molecular weight excluding hydrogens is 355 g/mol. The Morgan fingerprint density at radius 1 is 1.14 bits per heavy atom. The summed E-state index contributed by atoms with van der Waals surface area (Å²) in [6.07, 6.45) is 0. The number of para-hydroxylation sites is 1. The van der Waals surface area contributed by atoms with Gasteiger partial charge in [-0.05, 0) is 40.2 Å². The van der Waals surface area contributed by atoms with E-state index in [1.165, 1.54) is 18.2 Å². The Kier molecular flexibility index (Phi) is 3.77. The van der Waals surface area contributed by atoms with Crippen LogP contribution in [0.3, 0.4) is 0 Å². The lowest BCUT2D eigenvalue weighted by Crippen LogP contribution is -2.18. The fraction of sp³-hybridized carbons (Fsp3) is 0. The lowest BCUT2D eigenvalue weighted by molar-refractivity contribution is 0.0729. The van der Waals surface area contributed by atoms with E-state index in [0.717, 1.165) is 6.07 Å². The molecule has 0 atom stereocenters. The van der Waals surface area contributed by atoms with Crippen molar-refractivity contribution in [2.75, 3.05) is 0 Å². The quantitative estimate of drug-likeness (QED) is 0.394. The van der Waals surface area contributed by atoms with Crippen molar-refractivity contribution >= 4 is 32.9 Å². The SMILES string of the molecule is O=C(Oc1cc(F)ccc1Br)c1cc2ccccc2oc1=O. The highest BCUT2D eigenvalue weighted by Gasteiger charge is 2.17. The normalized spacial score (nSPS) is 10.6. The summed E-state index contributed by atoms with van der Waals surface area (Å²) >= 11 is 3.14. The van der Waals surface area contributed by atoms with Crippen LogP contribution in [-0.4, -0.2) is 5.97 Å². The van der Waals surface area contributed by atoms with E-state index in [9.17, 15) is 14.0 Å². The van der Waals surface area contributed by atoms with Crippen LogP contribution in [0.2, 0.25) is 0 Å². The van der Waals surface area contributed by atoms with Crippen LogP contribution in [0.15, 0.2) is 62.2 Å². The molecule has 0 spiro atoms.